The van der Waals surface area contributed by atoms with Crippen LogP contribution in [0.5, 0.6) is 5.88 Å². The van der Waals surface area contributed by atoms with Crippen LogP contribution in [0.1, 0.15) is 30.1 Å². The third-order valence-electron chi connectivity index (χ3n) is 5.46. The Kier molecular flexibility index (Phi) is 3.61. The Labute approximate surface area is 154 Å². The van der Waals surface area contributed by atoms with Gasteiger partial charge in [0.15, 0.2) is 0 Å². The molecule has 0 unspecified atom stereocenters. The number of nitrogens with zero attached hydrogens (tertiary/aromatic N) is 4. The largest absolute Gasteiger partial charge is 0.477 e. The van der Waals surface area contributed by atoms with Crippen LogP contribution in [-0.2, 0) is 11.3 Å². The number of hydrogen-bond acceptors (Lipinski definition) is 6. The van der Waals surface area contributed by atoms with Crippen LogP contribution < -0.4 is 9.64 Å². The monoisotopic (exact) mass is 374 g/mol. The Morgan fingerprint density at radius 3 is 2.93 bits per heavy atom. The van der Waals surface area contributed by atoms with E-state index in [0.29, 0.717) is 31.9 Å². The third kappa shape index (κ3) is 2.56. The molecule has 2 aromatic rings. The third-order valence-corrected chi connectivity index (χ3v) is 5.46. The van der Waals surface area contributed by atoms with Crippen LogP contribution in [0, 0.1) is 5.95 Å². The fourth-order valence-electron chi connectivity index (χ4n) is 4.09. The zero-order valence-electron chi connectivity index (χ0n) is 14.8. The minimum absolute atomic E-state index is 0.0504. The molecule has 2 fully saturated rings. The van der Waals surface area contributed by atoms with Gasteiger partial charge in [0.25, 0.3) is 0 Å². The number of halogens is 1. The van der Waals surface area contributed by atoms with Crippen molar-refractivity contribution in [2.24, 2.45) is 0 Å². The van der Waals surface area contributed by atoms with Crippen molar-refractivity contribution in [2.75, 3.05) is 18.1 Å². The number of pyridine rings is 1. The molecular formula is C18H19FN4O4. The van der Waals surface area contributed by atoms with Gasteiger partial charge < -0.3 is 19.5 Å². The number of hydrogen-bond donors (Lipinski definition) is 1. The second kappa shape index (κ2) is 5.91. The summed E-state index contributed by atoms with van der Waals surface area (Å²) >= 11 is 0. The summed E-state index contributed by atoms with van der Waals surface area (Å²) < 4.78 is 27.6. The molecule has 0 amide bonds. The maximum Gasteiger partial charge on any atom is 0.343 e. The molecule has 3 atom stereocenters. The number of carboxylic acid groups (broad SMARTS) is 1. The molecule has 0 aromatic carbocycles. The van der Waals surface area contributed by atoms with E-state index in [0.717, 1.165) is 6.42 Å². The summed E-state index contributed by atoms with van der Waals surface area (Å²) in [5.74, 6) is -1.22. The second-order valence-corrected chi connectivity index (χ2v) is 7.28. The minimum atomic E-state index is -1.20. The molecule has 5 rings (SSSR count). The van der Waals surface area contributed by atoms with Crippen LogP contribution >= 0.6 is 0 Å². The SMILES string of the molecule is C[C@@H]1CCn2nc(-c3ccc(N4C[C@H]5C[C@@H]4CO5)nc3F)c(C(=O)O)c2O1. The topological polar surface area (TPSA) is 89.7 Å². The van der Waals surface area contributed by atoms with Gasteiger partial charge >= 0.3 is 5.97 Å². The number of aromatic carboxylic acids is 1. The number of morpholine rings is 1. The van der Waals surface area contributed by atoms with E-state index in [-0.39, 0.29) is 41.0 Å². The molecule has 27 heavy (non-hydrogen) atoms. The Bertz CT molecular complexity index is 930. The highest BCUT2D eigenvalue weighted by Crippen LogP contribution is 2.37. The predicted molar refractivity (Wildman–Crippen MR) is 92.6 cm³/mol. The number of aromatic nitrogens is 3. The first-order valence-corrected chi connectivity index (χ1v) is 9.07. The van der Waals surface area contributed by atoms with Crippen LogP contribution in [0.25, 0.3) is 11.3 Å². The van der Waals surface area contributed by atoms with Crippen molar-refractivity contribution in [3.05, 3.63) is 23.6 Å². The molecule has 1 N–H and O–H groups in total. The average Bonchev–Trinajstić information content (AvgIpc) is 3.34. The maximum absolute atomic E-state index is 14.9. The summed E-state index contributed by atoms with van der Waals surface area (Å²) in [6.45, 7) is 3.72. The molecular weight excluding hydrogens is 355 g/mol. The predicted octanol–water partition coefficient (Wildman–Crippen LogP) is 1.93. The summed E-state index contributed by atoms with van der Waals surface area (Å²) in [6, 6.07) is 3.48. The van der Waals surface area contributed by atoms with Gasteiger partial charge in [-0.15, -0.1) is 0 Å². The molecule has 0 spiro atoms. The summed E-state index contributed by atoms with van der Waals surface area (Å²) in [5, 5.41) is 13.9. The molecule has 142 valence electrons. The lowest BCUT2D eigenvalue weighted by atomic mass is 10.1. The molecule has 2 bridgehead atoms. The van der Waals surface area contributed by atoms with Crippen molar-refractivity contribution in [1.82, 2.24) is 14.8 Å². The maximum atomic E-state index is 14.9. The Morgan fingerprint density at radius 1 is 1.41 bits per heavy atom. The number of ether oxygens (including phenoxy) is 2. The van der Waals surface area contributed by atoms with Crippen LogP contribution in [0.2, 0.25) is 0 Å². The number of fused-ring (bicyclic) bond motifs is 3. The summed E-state index contributed by atoms with van der Waals surface area (Å²) in [5.41, 5.74) is -0.00651. The number of carboxylic acids is 1. The van der Waals surface area contributed by atoms with Gasteiger partial charge in [0, 0.05) is 19.5 Å². The summed E-state index contributed by atoms with van der Waals surface area (Å²) in [6.07, 6.45) is 1.71. The molecule has 8 nitrogen and oxygen atoms in total. The van der Waals surface area contributed by atoms with Gasteiger partial charge in [0.2, 0.25) is 11.8 Å². The van der Waals surface area contributed by atoms with Crippen LogP contribution in [-0.4, -0.2) is 57.2 Å². The number of rotatable bonds is 3. The van der Waals surface area contributed by atoms with Crippen molar-refractivity contribution in [3.63, 3.8) is 0 Å². The number of aryl methyl sites for hydroxylation is 1. The van der Waals surface area contributed by atoms with Gasteiger partial charge in [0.1, 0.15) is 17.1 Å². The zero-order valence-corrected chi connectivity index (χ0v) is 14.8. The van der Waals surface area contributed by atoms with E-state index in [4.69, 9.17) is 9.47 Å². The highest BCUT2D eigenvalue weighted by atomic mass is 19.1. The van der Waals surface area contributed by atoms with Gasteiger partial charge in [-0.1, -0.05) is 0 Å². The molecule has 3 aliphatic rings. The minimum Gasteiger partial charge on any atom is -0.477 e. The Hall–Kier alpha value is -2.68. The van der Waals surface area contributed by atoms with Crippen molar-refractivity contribution in [1.29, 1.82) is 0 Å². The van der Waals surface area contributed by atoms with E-state index in [2.05, 4.69) is 10.1 Å². The molecule has 3 aliphatic heterocycles. The van der Waals surface area contributed by atoms with Gasteiger partial charge in [-0.2, -0.15) is 9.49 Å². The molecule has 5 heterocycles. The van der Waals surface area contributed by atoms with Crippen LogP contribution in [0.4, 0.5) is 10.2 Å². The smallest absolute Gasteiger partial charge is 0.343 e. The molecule has 2 aromatic heterocycles. The van der Waals surface area contributed by atoms with E-state index >= 15 is 0 Å². The number of anilines is 1. The van der Waals surface area contributed by atoms with E-state index in [1.54, 1.807) is 12.1 Å². The van der Waals surface area contributed by atoms with Gasteiger partial charge in [-0.05, 0) is 25.5 Å². The van der Waals surface area contributed by atoms with Gasteiger partial charge in [-0.25, -0.2) is 14.5 Å². The Balaban J connectivity index is 1.54. The first-order chi connectivity index (χ1) is 13.0. The Morgan fingerprint density at radius 2 is 2.26 bits per heavy atom. The zero-order chi connectivity index (χ0) is 18.7. The molecule has 0 saturated carbocycles. The van der Waals surface area contributed by atoms with Crippen molar-refractivity contribution >= 4 is 11.8 Å². The molecule has 0 aliphatic carbocycles. The first-order valence-electron chi connectivity index (χ1n) is 9.07. The normalized spacial score (nSPS) is 26.1. The summed E-state index contributed by atoms with van der Waals surface area (Å²) in [4.78, 5) is 17.9. The van der Waals surface area contributed by atoms with Crippen LogP contribution in [0.3, 0.4) is 0 Å². The fourth-order valence-corrected chi connectivity index (χ4v) is 4.09. The lowest BCUT2D eigenvalue weighted by Crippen LogP contribution is -2.37. The lowest BCUT2D eigenvalue weighted by Gasteiger charge is -2.27. The van der Waals surface area contributed by atoms with E-state index in [1.807, 2.05) is 11.8 Å². The van der Waals surface area contributed by atoms with E-state index in [9.17, 15) is 14.3 Å². The molecule has 2 saturated heterocycles. The molecule has 0 radical (unpaired) electrons. The molecule has 9 heteroatoms. The van der Waals surface area contributed by atoms with Crippen molar-refractivity contribution in [3.8, 4) is 17.1 Å². The van der Waals surface area contributed by atoms with E-state index < -0.39 is 11.9 Å². The average molecular weight is 374 g/mol. The van der Waals surface area contributed by atoms with Gasteiger partial charge in [0.05, 0.1) is 30.4 Å². The van der Waals surface area contributed by atoms with E-state index in [1.165, 1.54) is 4.68 Å². The van der Waals surface area contributed by atoms with Crippen LogP contribution in [0.15, 0.2) is 12.1 Å². The lowest BCUT2D eigenvalue weighted by molar-refractivity contribution is 0.0684. The highest BCUT2D eigenvalue weighted by molar-refractivity contribution is 5.97. The summed E-state index contributed by atoms with van der Waals surface area (Å²) in [7, 11) is 0. The standard InChI is InChI=1S/C18H19FN4O4/c1-9-4-5-23-17(27-9)14(18(24)25)15(21-23)12-2-3-13(20-16(12)19)22-7-11-6-10(22)8-26-11/h2-3,9-11H,4-8H2,1H3,(H,24,25)/t9-,10-,11-/m1/s1. The quantitative estimate of drug-likeness (QED) is 0.821. The fraction of sp³-hybridized carbons (Fsp3) is 0.500. The number of carbonyl (C=O) groups is 1. The van der Waals surface area contributed by atoms with Crippen molar-refractivity contribution in [2.45, 2.75) is 44.6 Å². The van der Waals surface area contributed by atoms with Crippen molar-refractivity contribution < 1.29 is 23.8 Å². The second-order valence-electron chi connectivity index (χ2n) is 7.28. The highest BCUT2D eigenvalue weighted by Gasteiger charge is 2.40. The van der Waals surface area contributed by atoms with Gasteiger partial charge in [-0.3, -0.25) is 0 Å². The first kappa shape index (κ1) is 16.5.